The summed E-state index contributed by atoms with van der Waals surface area (Å²) in [6.07, 6.45) is 2.82. The number of hydrogen-bond donors (Lipinski definition) is 2. The van der Waals surface area contributed by atoms with Gasteiger partial charge in [0.25, 0.3) is 0 Å². The Labute approximate surface area is 112 Å². The predicted molar refractivity (Wildman–Crippen MR) is 71.1 cm³/mol. The lowest BCUT2D eigenvalue weighted by Gasteiger charge is -2.17. The summed E-state index contributed by atoms with van der Waals surface area (Å²) < 4.78 is 10.7. The third-order valence-electron chi connectivity index (χ3n) is 3.10. The molecule has 0 fully saturated rings. The van der Waals surface area contributed by atoms with E-state index in [2.05, 4.69) is 5.16 Å². The Morgan fingerprint density at radius 3 is 2.84 bits per heavy atom. The van der Waals surface area contributed by atoms with Gasteiger partial charge in [0.2, 0.25) is 0 Å². The number of oxime groups is 1. The molecule has 1 aromatic carbocycles. The third-order valence-corrected chi connectivity index (χ3v) is 3.10. The zero-order chi connectivity index (χ0) is 13.5. The van der Waals surface area contributed by atoms with Gasteiger partial charge in [0, 0.05) is 5.56 Å². The maximum absolute atomic E-state index is 9.01. The number of aryl methyl sites for hydroxylation is 1. The lowest BCUT2D eigenvalue weighted by Crippen LogP contribution is -2.13. The smallest absolute Gasteiger partial charge is 0.120 e. The average Bonchev–Trinajstić information content (AvgIpc) is 2.46. The number of ether oxygens (including phenoxy) is 2. The molecular weight excluding hydrogens is 246 g/mol. The lowest BCUT2D eigenvalue weighted by atomic mass is 9.90. The summed E-state index contributed by atoms with van der Waals surface area (Å²) in [6.45, 7) is 1.23. The zero-order valence-corrected chi connectivity index (χ0v) is 10.8. The van der Waals surface area contributed by atoms with Crippen LogP contribution in [0, 0.1) is 0 Å². The minimum Gasteiger partial charge on any atom is -0.491 e. The summed E-state index contributed by atoms with van der Waals surface area (Å²) in [6, 6.07) is 5.85. The first-order chi connectivity index (χ1) is 9.35. The molecule has 104 valence electrons. The van der Waals surface area contributed by atoms with E-state index in [0.717, 1.165) is 36.3 Å². The Morgan fingerprint density at radius 1 is 1.16 bits per heavy atom. The highest BCUT2D eigenvalue weighted by Gasteiger charge is 2.16. The molecule has 19 heavy (non-hydrogen) atoms. The predicted octanol–water partition coefficient (Wildman–Crippen LogP) is 1.59. The van der Waals surface area contributed by atoms with E-state index in [4.69, 9.17) is 19.8 Å². The molecule has 5 nitrogen and oxygen atoms in total. The van der Waals surface area contributed by atoms with Crippen molar-refractivity contribution in [1.29, 1.82) is 0 Å². The fraction of sp³-hybridized carbons (Fsp3) is 0.500. The quantitative estimate of drug-likeness (QED) is 0.465. The number of fused-ring (bicyclic) bond motifs is 1. The minimum absolute atomic E-state index is 0.0230. The number of hydrogen-bond acceptors (Lipinski definition) is 5. The molecule has 0 unspecified atom stereocenters. The highest BCUT2D eigenvalue weighted by Crippen LogP contribution is 2.25. The average molecular weight is 265 g/mol. The van der Waals surface area contributed by atoms with Crippen LogP contribution in [0.1, 0.15) is 24.0 Å². The van der Waals surface area contributed by atoms with Gasteiger partial charge < -0.3 is 19.8 Å². The van der Waals surface area contributed by atoms with Crippen molar-refractivity contribution in [1.82, 2.24) is 0 Å². The first-order valence-corrected chi connectivity index (χ1v) is 6.51. The highest BCUT2D eigenvalue weighted by atomic mass is 16.5. The standard InChI is InChI=1S/C14H19NO4/c16-6-7-18-8-9-19-12-5-4-11-2-1-3-14(15-17)13(11)10-12/h4-5,10,16-17H,1-3,6-9H2/b15-14-. The van der Waals surface area contributed by atoms with Gasteiger partial charge in [-0.15, -0.1) is 0 Å². The largest absolute Gasteiger partial charge is 0.491 e. The van der Waals surface area contributed by atoms with Gasteiger partial charge in [-0.05, 0) is 37.0 Å². The fourth-order valence-electron chi connectivity index (χ4n) is 2.20. The van der Waals surface area contributed by atoms with Crippen molar-refractivity contribution >= 4 is 5.71 Å². The van der Waals surface area contributed by atoms with Gasteiger partial charge in [0.1, 0.15) is 12.4 Å². The molecule has 0 heterocycles. The molecule has 2 rings (SSSR count). The maximum atomic E-state index is 9.01. The van der Waals surface area contributed by atoms with E-state index in [0.29, 0.717) is 19.8 Å². The monoisotopic (exact) mass is 265 g/mol. The Kier molecular flexibility index (Phi) is 5.18. The van der Waals surface area contributed by atoms with Crippen LogP contribution in [0.5, 0.6) is 5.75 Å². The van der Waals surface area contributed by atoms with E-state index in [-0.39, 0.29) is 6.61 Å². The number of benzene rings is 1. The zero-order valence-electron chi connectivity index (χ0n) is 10.8. The van der Waals surface area contributed by atoms with Crippen LogP contribution in [0.15, 0.2) is 23.4 Å². The fourth-order valence-corrected chi connectivity index (χ4v) is 2.20. The summed E-state index contributed by atoms with van der Waals surface area (Å²) >= 11 is 0. The first kappa shape index (κ1) is 13.8. The molecule has 0 saturated carbocycles. The van der Waals surface area contributed by atoms with Gasteiger partial charge in [-0.25, -0.2) is 0 Å². The topological polar surface area (TPSA) is 71.3 Å². The van der Waals surface area contributed by atoms with Crippen LogP contribution in [0.25, 0.3) is 0 Å². The van der Waals surface area contributed by atoms with Crippen LogP contribution < -0.4 is 4.74 Å². The second-order valence-corrected chi connectivity index (χ2v) is 4.40. The second-order valence-electron chi connectivity index (χ2n) is 4.40. The molecule has 1 aromatic rings. The van der Waals surface area contributed by atoms with Crippen molar-refractivity contribution in [3.63, 3.8) is 0 Å². The van der Waals surface area contributed by atoms with E-state index in [1.807, 2.05) is 18.2 Å². The number of nitrogens with zero attached hydrogens (tertiary/aromatic N) is 1. The van der Waals surface area contributed by atoms with Crippen LogP contribution >= 0.6 is 0 Å². The van der Waals surface area contributed by atoms with Gasteiger partial charge in [0.15, 0.2) is 0 Å². The summed E-state index contributed by atoms with van der Waals surface area (Å²) in [4.78, 5) is 0. The van der Waals surface area contributed by atoms with Gasteiger partial charge in [-0.2, -0.15) is 0 Å². The second kappa shape index (κ2) is 7.11. The van der Waals surface area contributed by atoms with Crippen LogP contribution in [0.3, 0.4) is 0 Å². The van der Waals surface area contributed by atoms with E-state index in [9.17, 15) is 0 Å². The Bertz CT molecular complexity index is 445. The maximum Gasteiger partial charge on any atom is 0.120 e. The Hall–Kier alpha value is -1.59. The molecule has 0 atom stereocenters. The summed E-state index contributed by atoms with van der Waals surface area (Å²) in [5, 5.41) is 20.9. The molecule has 0 saturated heterocycles. The van der Waals surface area contributed by atoms with Crippen LogP contribution in [-0.2, 0) is 11.2 Å². The van der Waals surface area contributed by atoms with Gasteiger partial charge >= 0.3 is 0 Å². The molecule has 0 bridgehead atoms. The van der Waals surface area contributed by atoms with Crippen molar-refractivity contribution in [2.24, 2.45) is 5.16 Å². The lowest BCUT2D eigenvalue weighted by molar-refractivity contribution is 0.0705. The molecule has 0 aromatic heterocycles. The molecule has 5 heteroatoms. The summed E-state index contributed by atoms with van der Waals surface area (Å²) in [5.41, 5.74) is 2.90. The molecule has 0 aliphatic heterocycles. The molecule has 1 aliphatic carbocycles. The normalized spacial score (nSPS) is 16.4. The van der Waals surface area contributed by atoms with Gasteiger partial charge in [-0.3, -0.25) is 0 Å². The first-order valence-electron chi connectivity index (χ1n) is 6.51. The number of aliphatic hydroxyl groups is 1. The van der Waals surface area contributed by atoms with Crippen LogP contribution in [0.4, 0.5) is 0 Å². The minimum atomic E-state index is 0.0230. The summed E-state index contributed by atoms with van der Waals surface area (Å²) in [5.74, 6) is 0.745. The van der Waals surface area contributed by atoms with Gasteiger partial charge in [0.05, 0.1) is 25.5 Å². The molecular formula is C14H19NO4. The van der Waals surface area contributed by atoms with Crippen LogP contribution in [0.2, 0.25) is 0 Å². The highest BCUT2D eigenvalue weighted by molar-refractivity contribution is 6.02. The molecule has 1 aliphatic rings. The van der Waals surface area contributed by atoms with E-state index in [1.165, 1.54) is 5.56 Å². The van der Waals surface area contributed by atoms with Crippen LogP contribution in [-0.4, -0.2) is 42.5 Å². The van der Waals surface area contributed by atoms with E-state index >= 15 is 0 Å². The van der Waals surface area contributed by atoms with E-state index in [1.54, 1.807) is 0 Å². The number of aliphatic hydroxyl groups excluding tert-OH is 1. The molecule has 0 amide bonds. The van der Waals surface area contributed by atoms with Crippen molar-refractivity contribution in [2.45, 2.75) is 19.3 Å². The molecule has 0 spiro atoms. The van der Waals surface area contributed by atoms with Gasteiger partial charge in [-0.1, -0.05) is 11.2 Å². The Morgan fingerprint density at radius 2 is 2.05 bits per heavy atom. The van der Waals surface area contributed by atoms with Crippen molar-refractivity contribution in [3.05, 3.63) is 29.3 Å². The molecule has 2 N–H and O–H groups in total. The summed E-state index contributed by atoms with van der Waals surface area (Å²) in [7, 11) is 0. The molecule has 0 radical (unpaired) electrons. The SMILES string of the molecule is OCCOCCOc1ccc2c(c1)/C(=N\O)CCC2. The van der Waals surface area contributed by atoms with Crippen molar-refractivity contribution in [2.75, 3.05) is 26.4 Å². The third kappa shape index (κ3) is 3.68. The van der Waals surface area contributed by atoms with Crippen molar-refractivity contribution < 1.29 is 19.8 Å². The number of rotatable bonds is 6. The van der Waals surface area contributed by atoms with Crippen molar-refractivity contribution in [3.8, 4) is 5.75 Å². The Balaban J connectivity index is 1.96. The van der Waals surface area contributed by atoms with E-state index < -0.39 is 0 Å².